The van der Waals surface area contributed by atoms with Gasteiger partial charge >= 0.3 is 5.97 Å². The number of fused-ring (bicyclic) bond motifs is 3. The Bertz CT molecular complexity index is 717. The Labute approximate surface area is 125 Å². The minimum absolute atomic E-state index is 0.0587. The SMILES string of the molecule is CCOC(=O)COc1ccc2c(c1)Cc1sc(=S)[nH]c1-2. The van der Waals surface area contributed by atoms with E-state index in [-0.39, 0.29) is 12.6 Å². The lowest BCUT2D eigenvalue weighted by Crippen LogP contribution is -2.14. The fourth-order valence-electron chi connectivity index (χ4n) is 2.27. The van der Waals surface area contributed by atoms with Gasteiger partial charge in [0.15, 0.2) is 10.6 Å². The summed E-state index contributed by atoms with van der Waals surface area (Å²) in [6.45, 7) is 2.08. The van der Waals surface area contributed by atoms with Crippen molar-refractivity contribution in [2.75, 3.05) is 13.2 Å². The quantitative estimate of drug-likeness (QED) is 0.593. The second-order valence-electron chi connectivity index (χ2n) is 4.40. The summed E-state index contributed by atoms with van der Waals surface area (Å²) in [6.07, 6.45) is 0.860. The third-order valence-corrected chi connectivity index (χ3v) is 4.32. The second-order valence-corrected chi connectivity index (χ2v) is 6.17. The third-order valence-electron chi connectivity index (χ3n) is 3.08. The van der Waals surface area contributed by atoms with Crippen molar-refractivity contribution in [1.82, 2.24) is 4.98 Å². The van der Waals surface area contributed by atoms with E-state index in [0.29, 0.717) is 12.4 Å². The minimum Gasteiger partial charge on any atom is -0.482 e. The Morgan fingerprint density at radius 2 is 2.35 bits per heavy atom. The highest BCUT2D eigenvalue weighted by Crippen LogP contribution is 2.39. The first-order chi connectivity index (χ1) is 9.67. The van der Waals surface area contributed by atoms with Gasteiger partial charge < -0.3 is 14.5 Å². The maximum absolute atomic E-state index is 11.3. The highest BCUT2D eigenvalue weighted by Gasteiger charge is 2.21. The maximum atomic E-state index is 11.3. The predicted octanol–water partition coefficient (Wildman–Crippen LogP) is 3.32. The maximum Gasteiger partial charge on any atom is 0.344 e. The van der Waals surface area contributed by atoms with Crippen molar-refractivity contribution in [3.63, 3.8) is 0 Å². The fourth-order valence-corrected chi connectivity index (χ4v) is 3.54. The largest absolute Gasteiger partial charge is 0.482 e. The molecule has 0 aliphatic heterocycles. The van der Waals surface area contributed by atoms with E-state index >= 15 is 0 Å². The fraction of sp³-hybridized carbons (Fsp3) is 0.286. The van der Waals surface area contributed by atoms with Crippen LogP contribution in [0.5, 0.6) is 5.75 Å². The van der Waals surface area contributed by atoms with Gasteiger partial charge in [-0.1, -0.05) is 0 Å². The molecule has 0 fully saturated rings. The average Bonchev–Trinajstić information content (AvgIpc) is 2.92. The van der Waals surface area contributed by atoms with Gasteiger partial charge in [-0.15, -0.1) is 11.3 Å². The lowest BCUT2D eigenvalue weighted by Gasteiger charge is -2.07. The van der Waals surface area contributed by atoms with E-state index in [2.05, 4.69) is 4.98 Å². The number of carbonyl (C=O) groups excluding carboxylic acids is 1. The first-order valence-electron chi connectivity index (χ1n) is 6.31. The Hall–Kier alpha value is -1.66. The highest BCUT2D eigenvalue weighted by atomic mass is 32.1. The second kappa shape index (κ2) is 5.38. The number of esters is 1. The Morgan fingerprint density at radius 1 is 1.50 bits per heavy atom. The van der Waals surface area contributed by atoms with E-state index in [0.717, 1.165) is 21.6 Å². The summed E-state index contributed by atoms with van der Waals surface area (Å²) in [5.74, 6) is 0.335. The van der Waals surface area contributed by atoms with Gasteiger partial charge in [-0.3, -0.25) is 0 Å². The summed E-state index contributed by atoms with van der Waals surface area (Å²) in [7, 11) is 0. The molecule has 4 nitrogen and oxygen atoms in total. The number of hydrogen-bond acceptors (Lipinski definition) is 5. The molecule has 20 heavy (non-hydrogen) atoms. The van der Waals surface area contributed by atoms with E-state index in [1.165, 1.54) is 10.4 Å². The van der Waals surface area contributed by atoms with E-state index in [9.17, 15) is 4.79 Å². The molecule has 1 aliphatic rings. The molecule has 2 aromatic rings. The van der Waals surface area contributed by atoms with Gasteiger partial charge in [0.1, 0.15) is 5.75 Å². The summed E-state index contributed by atoms with van der Waals surface area (Å²) in [5, 5.41) is 0. The summed E-state index contributed by atoms with van der Waals surface area (Å²) >= 11 is 6.77. The van der Waals surface area contributed by atoms with Crippen molar-refractivity contribution in [3.8, 4) is 17.0 Å². The molecule has 0 radical (unpaired) electrons. The van der Waals surface area contributed by atoms with Crippen LogP contribution in [0, 0.1) is 3.95 Å². The van der Waals surface area contributed by atoms with E-state index in [4.69, 9.17) is 21.7 Å². The van der Waals surface area contributed by atoms with Crippen LogP contribution in [0.15, 0.2) is 18.2 Å². The van der Waals surface area contributed by atoms with Crippen LogP contribution in [0.2, 0.25) is 0 Å². The predicted molar refractivity (Wildman–Crippen MR) is 79.9 cm³/mol. The van der Waals surface area contributed by atoms with Crippen LogP contribution in [0.25, 0.3) is 11.3 Å². The number of hydrogen-bond donors (Lipinski definition) is 1. The molecule has 1 aromatic heterocycles. The van der Waals surface area contributed by atoms with Gasteiger partial charge in [0.2, 0.25) is 0 Å². The van der Waals surface area contributed by atoms with Gasteiger partial charge in [-0.25, -0.2) is 4.79 Å². The molecule has 3 rings (SSSR count). The molecule has 104 valence electrons. The Balaban J connectivity index is 1.76. The zero-order valence-corrected chi connectivity index (χ0v) is 12.5. The molecule has 1 aliphatic carbocycles. The molecule has 0 spiro atoms. The summed E-state index contributed by atoms with van der Waals surface area (Å²) in [6, 6.07) is 5.83. The highest BCUT2D eigenvalue weighted by molar-refractivity contribution is 7.73. The standard InChI is InChI=1S/C14H13NO3S2/c1-2-17-12(16)7-18-9-3-4-10-8(5-9)6-11-13(10)15-14(19)20-11/h3-5H,2,6-7H2,1H3,(H,15,19). The number of ether oxygens (including phenoxy) is 2. The van der Waals surface area contributed by atoms with Crippen molar-refractivity contribution < 1.29 is 14.3 Å². The summed E-state index contributed by atoms with van der Waals surface area (Å²) in [5.41, 5.74) is 3.47. The number of H-pyrrole nitrogens is 1. The van der Waals surface area contributed by atoms with Crippen LogP contribution in [-0.4, -0.2) is 24.2 Å². The van der Waals surface area contributed by atoms with Crippen LogP contribution in [0.4, 0.5) is 0 Å². The molecular weight excluding hydrogens is 294 g/mol. The van der Waals surface area contributed by atoms with Gasteiger partial charge in [-0.05, 0) is 42.9 Å². The molecule has 1 aromatic carbocycles. The smallest absolute Gasteiger partial charge is 0.344 e. The molecule has 0 unspecified atom stereocenters. The molecule has 0 atom stereocenters. The number of rotatable bonds is 4. The molecule has 6 heteroatoms. The monoisotopic (exact) mass is 307 g/mol. The lowest BCUT2D eigenvalue weighted by molar-refractivity contribution is -0.145. The van der Waals surface area contributed by atoms with E-state index in [1.54, 1.807) is 18.3 Å². The van der Waals surface area contributed by atoms with Crippen LogP contribution < -0.4 is 4.74 Å². The zero-order chi connectivity index (χ0) is 14.1. The minimum atomic E-state index is -0.351. The number of aromatic amines is 1. The van der Waals surface area contributed by atoms with Crippen molar-refractivity contribution in [2.45, 2.75) is 13.3 Å². The van der Waals surface area contributed by atoms with Crippen LogP contribution in [0.3, 0.4) is 0 Å². The molecule has 1 N–H and O–H groups in total. The molecule has 0 saturated carbocycles. The number of carbonyl (C=O) groups is 1. The molecule has 0 amide bonds. The zero-order valence-electron chi connectivity index (χ0n) is 10.9. The van der Waals surface area contributed by atoms with Gasteiger partial charge in [0, 0.05) is 16.9 Å². The third kappa shape index (κ3) is 2.48. The first-order valence-corrected chi connectivity index (χ1v) is 7.53. The molecular formula is C14H13NO3S2. The lowest BCUT2D eigenvalue weighted by atomic mass is 10.1. The summed E-state index contributed by atoms with van der Waals surface area (Å²) in [4.78, 5) is 15.7. The van der Waals surface area contributed by atoms with E-state index in [1.807, 2.05) is 18.2 Å². The number of nitrogens with one attached hydrogen (secondary N) is 1. The molecule has 0 bridgehead atoms. The van der Waals surface area contributed by atoms with Gasteiger partial charge in [0.25, 0.3) is 0 Å². The first kappa shape index (κ1) is 13.3. The van der Waals surface area contributed by atoms with Gasteiger partial charge in [-0.2, -0.15) is 0 Å². The number of thiazole rings is 1. The normalized spacial score (nSPS) is 11.8. The molecule has 0 saturated heterocycles. The van der Waals surface area contributed by atoms with Crippen molar-refractivity contribution >= 4 is 29.5 Å². The number of benzene rings is 1. The van der Waals surface area contributed by atoms with Crippen LogP contribution >= 0.6 is 23.6 Å². The van der Waals surface area contributed by atoms with Crippen molar-refractivity contribution in [2.24, 2.45) is 0 Å². The average molecular weight is 307 g/mol. The van der Waals surface area contributed by atoms with E-state index < -0.39 is 0 Å². The van der Waals surface area contributed by atoms with Crippen LogP contribution in [-0.2, 0) is 16.0 Å². The Morgan fingerprint density at radius 3 is 3.15 bits per heavy atom. The van der Waals surface area contributed by atoms with Crippen LogP contribution in [0.1, 0.15) is 17.4 Å². The number of aromatic nitrogens is 1. The van der Waals surface area contributed by atoms with Crippen molar-refractivity contribution in [1.29, 1.82) is 0 Å². The molecule has 1 heterocycles. The van der Waals surface area contributed by atoms with Crippen molar-refractivity contribution in [3.05, 3.63) is 32.6 Å². The summed E-state index contributed by atoms with van der Waals surface area (Å²) < 4.78 is 11.1. The topological polar surface area (TPSA) is 51.3 Å². The Kier molecular flexibility index (Phi) is 3.58. The van der Waals surface area contributed by atoms with Gasteiger partial charge in [0.05, 0.1) is 12.3 Å².